The van der Waals surface area contributed by atoms with E-state index in [0.717, 1.165) is 17.1 Å². The van der Waals surface area contributed by atoms with Gasteiger partial charge in [-0.15, -0.1) is 0 Å². The molecular weight excluding hydrogens is 388 g/mol. The fourth-order valence-corrected chi connectivity index (χ4v) is 3.08. The molecule has 0 aliphatic heterocycles. The van der Waals surface area contributed by atoms with Gasteiger partial charge in [-0.1, -0.05) is 35.3 Å². The smallest absolute Gasteiger partial charge is 0.183 e. The van der Waals surface area contributed by atoms with Crippen molar-refractivity contribution in [1.82, 2.24) is 19.9 Å². The SMILES string of the molecule is CC(Nc1nc(-c2c[nH]c3ncc(Cl)cc23)ncc1F)c1ccc(Cl)cc1. The van der Waals surface area contributed by atoms with E-state index in [0.29, 0.717) is 27.1 Å². The quantitative estimate of drug-likeness (QED) is 0.464. The van der Waals surface area contributed by atoms with Crippen LogP contribution in [0.15, 0.2) is 48.9 Å². The van der Waals surface area contributed by atoms with Crippen molar-refractivity contribution in [2.24, 2.45) is 0 Å². The molecule has 0 spiro atoms. The zero-order chi connectivity index (χ0) is 19.0. The first kappa shape index (κ1) is 17.7. The van der Waals surface area contributed by atoms with Gasteiger partial charge < -0.3 is 10.3 Å². The number of hydrogen-bond acceptors (Lipinski definition) is 4. The molecule has 0 amide bonds. The third kappa shape index (κ3) is 3.59. The minimum Gasteiger partial charge on any atom is -0.361 e. The van der Waals surface area contributed by atoms with Gasteiger partial charge in [-0.3, -0.25) is 0 Å². The number of halogens is 3. The standard InChI is InChI=1S/C19H14Cl2FN5/c1-10(11-2-4-12(20)5-3-11)26-19-16(22)9-25-18(27-19)15-8-24-17-14(15)6-13(21)7-23-17/h2-10H,1H3,(H,23,24)(H,25,26,27). The van der Waals surface area contributed by atoms with Crippen LogP contribution in [0.2, 0.25) is 10.0 Å². The lowest BCUT2D eigenvalue weighted by Gasteiger charge is -2.16. The summed E-state index contributed by atoms with van der Waals surface area (Å²) in [5, 5.41) is 5.00. The van der Waals surface area contributed by atoms with Crippen LogP contribution in [0, 0.1) is 5.82 Å². The molecule has 0 saturated heterocycles. The predicted octanol–water partition coefficient (Wildman–Crippen LogP) is 5.64. The summed E-state index contributed by atoms with van der Waals surface area (Å²) in [4.78, 5) is 15.7. The second-order valence-electron chi connectivity index (χ2n) is 6.06. The number of rotatable bonds is 4. The van der Waals surface area contributed by atoms with Crippen molar-refractivity contribution in [3.8, 4) is 11.4 Å². The van der Waals surface area contributed by atoms with Crippen LogP contribution in [-0.4, -0.2) is 19.9 Å². The molecule has 0 aliphatic carbocycles. The molecule has 136 valence electrons. The number of hydrogen-bond donors (Lipinski definition) is 2. The van der Waals surface area contributed by atoms with Gasteiger partial charge in [-0.2, -0.15) is 0 Å². The normalized spacial score (nSPS) is 12.3. The molecular formula is C19H14Cl2FN5. The van der Waals surface area contributed by atoms with Gasteiger partial charge in [0.1, 0.15) is 5.65 Å². The van der Waals surface area contributed by atoms with Crippen molar-refractivity contribution in [2.45, 2.75) is 13.0 Å². The fourth-order valence-electron chi connectivity index (χ4n) is 2.80. The number of nitrogens with one attached hydrogen (secondary N) is 2. The molecule has 3 aromatic heterocycles. The van der Waals surface area contributed by atoms with E-state index in [1.54, 1.807) is 30.6 Å². The lowest BCUT2D eigenvalue weighted by atomic mass is 10.1. The van der Waals surface area contributed by atoms with E-state index in [-0.39, 0.29) is 11.9 Å². The van der Waals surface area contributed by atoms with Crippen LogP contribution in [0.1, 0.15) is 18.5 Å². The Bertz CT molecular complexity index is 1110. The van der Waals surface area contributed by atoms with E-state index in [1.807, 2.05) is 19.1 Å². The Labute approximate surface area is 164 Å². The number of fused-ring (bicyclic) bond motifs is 1. The van der Waals surface area contributed by atoms with Gasteiger partial charge in [-0.05, 0) is 30.7 Å². The van der Waals surface area contributed by atoms with Gasteiger partial charge >= 0.3 is 0 Å². The van der Waals surface area contributed by atoms with Crippen molar-refractivity contribution < 1.29 is 4.39 Å². The van der Waals surface area contributed by atoms with Gasteiger partial charge in [-0.25, -0.2) is 19.3 Å². The highest BCUT2D eigenvalue weighted by Gasteiger charge is 2.15. The number of aromatic amines is 1. The second kappa shape index (κ2) is 7.13. The van der Waals surface area contributed by atoms with Gasteiger partial charge in [0.25, 0.3) is 0 Å². The number of benzene rings is 1. The van der Waals surface area contributed by atoms with Crippen molar-refractivity contribution in [2.75, 3.05) is 5.32 Å². The van der Waals surface area contributed by atoms with Crippen LogP contribution in [0.4, 0.5) is 10.2 Å². The zero-order valence-corrected chi connectivity index (χ0v) is 15.7. The number of pyridine rings is 1. The minimum absolute atomic E-state index is 0.117. The van der Waals surface area contributed by atoms with Gasteiger partial charge in [0, 0.05) is 28.4 Å². The molecule has 8 heteroatoms. The van der Waals surface area contributed by atoms with Crippen LogP contribution in [0.5, 0.6) is 0 Å². The topological polar surface area (TPSA) is 66.5 Å². The summed E-state index contributed by atoms with van der Waals surface area (Å²) < 4.78 is 14.3. The van der Waals surface area contributed by atoms with Crippen LogP contribution in [0.3, 0.4) is 0 Å². The van der Waals surface area contributed by atoms with Crippen LogP contribution >= 0.6 is 23.2 Å². The second-order valence-corrected chi connectivity index (χ2v) is 6.93. The molecule has 1 aromatic carbocycles. The summed E-state index contributed by atoms with van der Waals surface area (Å²) in [6.45, 7) is 1.92. The van der Waals surface area contributed by atoms with E-state index < -0.39 is 5.82 Å². The van der Waals surface area contributed by atoms with Gasteiger partial charge in [0.15, 0.2) is 17.5 Å². The third-order valence-electron chi connectivity index (χ3n) is 4.21. The zero-order valence-electron chi connectivity index (χ0n) is 14.2. The van der Waals surface area contributed by atoms with Gasteiger partial charge in [0.05, 0.1) is 17.3 Å². The first-order valence-electron chi connectivity index (χ1n) is 8.19. The highest BCUT2D eigenvalue weighted by Crippen LogP contribution is 2.29. The third-order valence-corrected chi connectivity index (χ3v) is 4.66. The number of nitrogens with zero attached hydrogens (tertiary/aromatic N) is 3. The van der Waals surface area contributed by atoms with E-state index in [9.17, 15) is 4.39 Å². The fraction of sp³-hybridized carbons (Fsp3) is 0.105. The molecule has 4 rings (SSSR count). The summed E-state index contributed by atoms with van der Waals surface area (Å²) >= 11 is 12.0. The first-order chi connectivity index (χ1) is 13.0. The molecule has 1 atom stereocenters. The van der Waals surface area contributed by atoms with Crippen molar-refractivity contribution in [1.29, 1.82) is 0 Å². The first-order valence-corrected chi connectivity index (χ1v) is 8.94. The lowest BCUT2D eigenvalue weighted by molar-refractivity contribution is 0.614. The summed E-state index contributed by atoms with van der Waals surface area (Å²) in [5.41, 5.74) is 2.32. The number of H-pyrrole nitrogens is 1. The molecule has 5 nitrogen and oxygen atoms in total. The molecule has 0 aliphatic rings. The molecule has 3 heterocycles. The maximum absolute atomic E-state index is 14.3. The van der Waals surface area contributed by atoms with Crippen LogP contribution in [-0.2, 0) is 0 Å². The Morgan fingerprint density at radius 2 is 1.85 bits per heavy atom. The molecule has 4 aromatic rings. The average molecular weight is 402 g/mol. The van der Waals surface area contributed by atoms with E-state index in [4.69, 9.17) is 23.2 Å². The average Bonchev–Trinajstić information content (AvgIpc) is 3.07. The molecule has 0 radical (unpaired) electrons. The molecule has 0 bridgehead atoms. The highest BCUT2D eigenvalue weighted by atomic mass is 35.5. The number of anilines is 1. The molecule has 0 saturated carbocycles. The van der Waals surface area contributed by atoms with E-state index in [2.05, 4.69) is 25.3 Å². The van der Waals surface area contributed by atoms with Crippen molar-refractivity contribution in [3.63, 3.8) is 0 Å². The predicted molar refractivity (Wildman–Crippen MR) is 106 cm³/mol. The van der Waals surface area contributed by atoms with Gasteiger partial charge in [0.2, 0.25) is 0 Å². The summed E-state index contributed by atoms with van der Waals surface area (Å²) in [6.07, 6.45) is 4.43. The Morgan fingerprint density at radius 1 is 1.07 bits per heavy atom. The minimum atomic E-state index is -0.532. The molecule has 0 fully saturated rings. The van der Waals surface area contributed by atoms with Crippen LogP contribution < -0.4 is 5.32 Å². The summed E-state index contributed by atoms with van der Waals surface area (Å²) in [7, 11) is 0. The van der Waals surface area contributed by atoms with E-state index >= 15 is 0 Å². The molecule has 2 N–H and O–H groups in total. The molecule has 1 unspecified atom stereocenters. The Balaban J connectivity index is 1.68. The maximum atomic E-state index is 14.3. The highest BCUT2D eigenvalue weighted by molar-refractivity contribution is 6.31. The van der Waals surface area contributed by atoms with Crippen molar-refractivity contribution >= 4 is 40.1 Å². The summed E-state index contributed by atoms with van der Waals surface area (Å²) in [5.74, 6) is -0.0418. The Morgan fingerprint density at radius 3 is 2.63 bits per heavy atom. The Kier molecular flexibility index (Phi) is 4.68. The number of aromatic nitrogens is 4. The van der Waals surface area contributed by atoms with Crippen molar-refractivity contribution in [3.05, 3.63) is 70.3 Å². The van der Waals surface area contributed by atoms with E-state index in [1.165, 1.54) is 0 Å². The Hall–Kier alpha value is -2.70. The van der Waals surface area contributed by atoms with Crippen LogP contribution in [0.25, 0.3) is 22.4 Å². The lowest BCUT2D eigenvalue weighted by Crippen LogP contribution is -2.10. The molecule has 27 heavy (non-hydrogen) atoms. The largest absolute Gasteiger partial charge is 0.361 e. The maximum Gasteiger partial charge on any atom is 0.183 e. The monoisotopic (exact) mass is 401 g/mol. The summed E-state index contributed by atoms with van der Waals surface area (Å²) in [6, 6.07) is 8.95.